The van der Waals surface area contributed by atoms with Gasteiger partial charge in [-0.15, -0.1) is 0 Å². The van der Waals surface area contributed by atoms with Gasteiger partial charge in [-0.05, 0) is 47.5 Å². The fraction of sp³-hybridized carbons (Fsp3) is 0.267. The maximum absolute atomic E-state index is 5.25. The van der Waals surface area contributed by atoms with Crippen LogP contribution in [0.3, 0.4) is 0 Å². The van der Waals surface area contributed by atoms with Crippen molar-refractivity contribution < 1.29 is 4.74 Å². The van der Waals surface area contributed by atoms with Crippen molar-refractivity contribution >= 4 is 21.6 Å². The third-order valence-corrected chi connectivity index (χ3v) is 3.49. The molecule has 1 aromatic carbocycles. The van der Waals surface area contributed by atoms with Gasteiger partial charge in [-0.3, -0.25) is 4.98 Å². The van der Waals surface area contributed by atoms with Crippen LogP contribution in [0.4, 0.5) is 5.69 Å². The zero-order valence-corrected chi connectivity index (χ0v) is 12.9. The molecule has 0 unspecified atom stereocenters. The molecule has 1 N–H and O–H groups in total. The maximum atomic E-state index is 5.25. The minimum absolute atomic E-state index is 0.667. The molecule has 100 valence electrons. The molecule has 0 radical (unpaired) electrons. The Morgan fingerprint density at radius 1 is 1.21 bits per heavy atom. The number of methoxy groups -OCH3 is 1. The molecular formula is C15H17BrN2O. The van der Waals surface area contributed by atoms with Crippen LogP contribution in [0.5, 0.6) is 5.75 Å². The molecule has 0 aliphatic rings. The lowest BCUT2D eigenvalue weighted by Crippen LogP contribution is -2.04. The average Bonchev–Trinajstić information content (AvgIpc) is 2.39. The standard InChI is InChI=1S/C15H17BrN2O/c1-10-4-5-14(16)15(6-10)17-9-12-8-13(19-3)7-11(2)18-12/h4-8,17H,9H2,1-3H3. The number of aromatic nitrogens is 1. The van der Waals surface area contributed by atoms with E-state index in [-0.39, 0.29) is 0 Å². The smallest absolute Gasteiger partial charge is 0.122 e. The number of hydrogen-bond acceptors (Lipinski definition) is 3. The van der Waals surface area contributed by atoms with Crippen molar-refractivity contribution in [1.29, 1.82) is 0 Å². The van der Waals surface area contributed by atoms with E-state index in [1.165, 1.54) is 5.56 Å². The number of anilines is 1. The number of nitrogens with zero attached hydrogens (tertiary/aromatic N) is 1. The van der Waals surface area contributed by atoms with Gasteiger partial charge in [-0.1, -0.05) is 6.07 Å². The van der Waals surface area contributed by atoms with Crippen LogP contribution in [0, 0.1) is 13.8 Å². The summed E-state index contributed by atoms with van der Waals surface area (Å²) < 4.78 is 6.31. The van der Waals surface area contributed by atoms with E-state index in [0.717, 1.165) is 27.3 Å². The van der Waals surface area contributed by atoms with E-state index >= 15 is 0 Å². The Hall–Kier alpha value is -1.55. The molecule has 2 rings (SSSR count). The Labute approximate surface area is 122 Å². The summed E-state index contributed by atoms with van der Waals surface area (Å²) in [5, 5.41) is 3.38. The Morgan fingerprint density at radius 2 is 2.00 bits per heavy atom. The van der Waals surface area contributed by atoms with Crippen molar-refractivity contribution in [3.05, 3.63) is 51.8 Å². The number of halogens is 1. The van der Waals surface area contributed by atoms with E-state index in [1.54, 1.807) is 7.11 Å². The molecule has 2 aromatic rings. The van der Waals surface area contributed by atoms with Crippen LogP contribution >= 0.6 is 15.9 Å². The largest absolute Gasteiger partial charge is 0.497 e. The van der Waals surface area contributed by atoms with Crippen LogP contribution in [0.1, 0.15) is 17.0 Å². The summed E-state index contributed by atoms with van der Waals surface area (Å²) in [7, 11) is 1.67. The summed E-state index contributed by atoms with van der Waals surface area (Å²) in [5.74, 6) is 0.840. The molecule has 0 saturated carbocycles. The van der Waals surface area contributed by atoms with Crippen LogP contribution in [-0.2, 0) is 6.54 Å². The van der Waals surface area contributed by atoms with Gasteiger partial charge in [0.1, 0.15) is 5.75 Å². The highest BCUT2D eigenvalue weighted by atomic mass is 79.9. The number of hydrogen-bond donors (Lipinski definition) is 1. The van der Waals surface area contributed by atoms with Crippen molar-refractivity contribution in [3.63, 3.8) is 0 Å². The van der Waals surface area contributed by atoms with Crippen LogP contribution in [0.15, 0.2) is 34.8 Å². The van der Waals surface area contributed by atoms with E-state index in [9.17, 15) is 0 Å². The van der Waals surface area contributed by atoms with Gasteiger partial charge >= 0.3 is 0 Å². The number of ether oxygens (including phenoxy) is 1. The van der Waals surface area contributed by atoms with Crippen LogP contribution in [0.2, 0.25) is 0 Å². The molecule has 1 aromatic heterocycles. The topological polar surface area (TPSA) is 34.1 Å². The van der Waals surface area contributed by atoms with Crippen molar-refractivity contribution in [3.8, 4) is 5.75 Å². The summed E-state index contributed by atoms with van der Waals surface area (Å²) >= 11 is 3.54. The first-order chi connectivity index (χ1) is 9.08. The quantitative estimate of drug-likeness (QED) is 0.921. The van der Waals surface area contributed by atoms with E-state index < -0.39 is 0 Å². The van der Waals surface area contributed by atoms with Crippen LogP contribution < -0.4 is 10.1 Å². The lowest BCUT2D eigenvalue weighted by molar-refractivity contribution is 0.413. The molecule has 0 amide bonds. The first-order valence-corrected chi connectivity index (χ1v) is 6.89. The molecule has 3 nitrogen and oxygen atoms in total. The zero-order chi connectivity index (χ0) is 13.8. The van der Waals surface area contributed by atoms with Gasteiger partial charge in [0.25, 0.3) is 0 Å². The summed E-state index contributed by atoms with van der Waals surface area (Å²) in [4.78, 5) is 4.49. The molecule has 0 aliphatic carbocycles. The Morgan fingerprint density at radius 3 is 2.74 bits per heavy atom. The van der Waals surface area contributed by atoms with E-state index in [2.05, 4.69) is 45.3 Å². The van der Waals surface area contributed by atoms with E-state index in [0.29, 0.717) is 6.54 Å². The van der Waals surface area contributed by atoms with E-state index in [1.807, 2.05) is 25.1 Å². The van der Waals surface area contributed by atoms with Gasteiger partial charge in [-0.2, -0.15) is 0 Å². The predicted molar refractivity (Wildman–Crippen MR) is 81.7 cm³/mol. The van der Waals surface area contributed by atoms with Gasteiger partial charge in [0, 0.05) is 28.0 Å². The summed E-state index contributed by atoms with van der Waals surface area (Å²) in [6.07, 6.45) is 0. The molecule has 0 saturated heterocycles. The minimum atomic E-state index is 0.667. The van der Waals surface area contributed by atoms with Gasteiger partial charge in [0.05, 0.1) is 19.3 Å². The second-order valence-electron chi connectivity index (χ2n) is 4.48. The summed E-state index contributed by atoms with van der Waals surface area (Å²) in [6, 6.07) is 10.1. The first kappa shape index (κ1) is 13.9. The van der Waals surface area contributed by atoms with Gasteiger partial charge < -0.3 is 10.1 Å². The number of aryl methyl sites for hydroxylation is 2. The highest BCUT2D eigenvalue weighted by Gasteiger charge is 2.03. The molecule has 4 heteroatoms. The Balaban J connectivity index is 2.14. The molecule has 0 atom stereocenters. The second-order valence-corrected chi connectivity index (χ2v) is 5.33. The van der Waals surface area contributed by atoms with Gasteiger partial charge in [0.15, 0.2) is 0 Å². The minimum Gasteiger partial charge on any atom is -0.497 e. The molecule has 19 heavy (non-hydrogen) atoms. The maximum Gasteiger partial charge on any atom is 0.122 e. The second kappa shape index (κ2) is 6.06. The third-order valence-electron chi connectivity index (χ3n) is 2.80. The van der Waals surface area contributed by atoms with Gasteiger partial charge in [-0.25, -0.2) is 0 Å². The fourth-order valence-corrected chi connectivity index (χ4v) is 2.26. The SMILES string of the molecule is COc1cc(C)nc(CNc2cc(C)ccc2Br)c1. The molecule has 0 bridgehead atoms. The van der Waals surface area contributed by atoms with Crippen molar-refractivity contribution in [2.24, 2.45) is 0 Å². The molecule has 0 spiro atoms. The number of benzene rings is 1. The lowest BCUT2D eigenvalue weighted by Gasteiger charge is -2.10. The van der Waals surface area contributed by atoms with Gasteiger partial charge in [0.2, 0.25) is 0 Å². The van der Waals surface area contributed by atoms with Crippen LogP contribution in [-0.4, -0.2) is 12.1 Å². The lowest BCUT2D eigenvalue weighted by atomic mass is 10.2. The normalized spacial score (nSPS) is 10.3. The number of pyridine rings is 1. The van der Waals surface area contributed by atoms with Crippen LogP contribution in [0.25, 0.3) is 0 Å². The van der Waals surface area contributed by atoms with Crippen molar-refractivity contribution in [2.45, 2.75) is 20.4 Å². The first-order valence-electron chi connectivity index (χ1n) is 6.10. The monoisotopic (exact) mass is 320 g/mol. The molecule has 0 aliphatic heterocycles. The number of rotatable bonds is 4. The highest BCUT2D eigenvalue weighted by Crippen LogP contribution is 2.24. The third kappa shape index (κ3) is 3.70. The number of nitrogens with one attached hydrogen (secondary N) is 1. The Bertz CT molecular complexity index is 584. The zero-order valence-electron chi connectivity index (χ0n) is 11.3. The fourth-order valence-electron chi connectivity index (χ4n) is 1.87. The predicted octanol–water partition coefficient (Wildman–Crippen LogP) is 4.08. The van der Waals surface area contributed by atoms with Crippen molar-refractivity contribution in [2.75, 3.05) is 12.4 Å². The Kier molecular flexibility index (Phi) is 4.43. The van der Waals surface area contributed by atoms with Crippen molar-refractivity contribution in [1.82, 2.24) is 4.98 Å². The molecule has 1 heterocycles. The van der Waals surface area contributed by atoms with E-state index in [4.69, 9.17) is 4.74 Å². The highest BCUT2D eigenvalue weighted by molar-refractivity contribution is 9.10. The molecular weight excluding hydrogens is 304 g/mol. The molecule has 0 fully saturated rings. The summed E-state index contributed by atoms with van der Waals surface area (Å²) in [5.41, 5.74) is 4.22. The summed E-state index contributed by atoms with van der Waals surface area (Å²) in [6.45, 7) is 4.71. The average molecular weight is 321 g/mol.